The Hall–Kier alpha value is -0.0400. The zero-order chi connectivity index (χ0) is 14.2. The Morgan fingerprint density at radius 3 is 1.60 bits per heavy atom. The van der Waals surface area contributed by atoms with Crippen LogP contribution in [0, 0.1) is 23.2 Å². The van der Waals surface area contributed by atoms with Crippen LogP contribution in [-0.4, -0.2) is 10.7 Å². The summed E-state index contributed by atoms with van der Waals surface area (Å²) in [5.74, 6) is 2.86. The van der Waals surface area contributed by atoms with Crippen molar-refractivity contribution in [1.29, 1.82) is 0 Å². The molecule has 4 aliphatic carbocycles. The molecular formula is C19H34O. The van der Waals surface area contributed by atoms with Gasteiger partial charge in [-0.25, -0.2) is 0 Å². The van der Waals surface area contributed by atoms with E-state index in [0.717, 1.165) is 30.6 Å². The van der Waals surface area contributed by atoms with Crippen molar-refractivity contribution in [2.45, 2.75) is 96.5 Å². The lowest BCUT2D eigenvalue weighted by atomic mass is 9.44. The normalized spacial score (nSPS) is 39.5. The molecule has 0 amide bonds. The molecule has 1 N–H and O–H groups in total. The largest absolute Gasteiger partial charge is 0.389 e. The first-order chi connectivity index (χ1) is 9.61. The minimum absolute atomic E-state index is 0.312. The lowest BCUT2D eigenvalue weighted by Gasteiger charge is -2.62. The zero-order valence-corrected chi connectivity index (χ0v) is 13.7. The third-order valence-corrected chi connectivity index (χ3v) is 6.91. The summed E-state index contributed by atoms with van der Waals surface area (Å²) < 4.78 is 0. The summed E-state index contributed by atoms with van der Waals surface area (Å²) in [6.07, 6.45) is 15.5. The number of rotatable bonds is 7. The van der Waals surface area contributed by atoms with Crippen molar-refractivity contribution in [2.75, 3.05) is 0 Å². The van der Waals surface area contributed by atoms with Crippen LogP contribution in [0.3, 0.4) is 0 Å². The maximum Gasteiger partial charge on any atom is 0.0704 e. The van der Waals surface area contributed by atoms with E-state index in [-0.39, 0.29) is 5.60 Å². The van der Waals surface area contributed by atoms with Gasteiger partial charge in [0.25, 0.3) is 0 Å². The highest BCUT2D eigenvalue weighted by Gasteiger charge is 2.59. The summed E-state index contributed by atoms with van der Waals surface area (Å²) in [7, 11) is 0. The maximum atomic E-state index is 11.6. The highest BCUT2D eigenvalue weighted by atomic mass is 16.3. The molecule has 0 aromatic heterocycles. The summed E-state index contributed by atoms with van der Waals surface area (Å²) in [6.45, 7) is 4.53. The molecule has 0 heterocycles. The zero-order valence-electron chi connectivity index (χ0n) is 13.7. The molecular weight excluding hydrogens is 244 g/mol. The topological polar surface area (TPSA) is 20.2 Å². The fraction of sp³-hybridized carbons (Fsp3) is 1.00. The van der Waals surface area contributed by atoms with Crippen molar-refractivity contribution in [2.24, 2.45) is 23.2 Å². The van der Waals surface area contributed by atoms with E-state index in [2.05, 4.69) is 13.8 Å². The van der Waals surface area contributed by atoms with E-state index in [4.69, 9.17) is 0 Å². The highest BCUT2D eigenvalue weighted by Crippen LogP contribution is 2.65. The number of unbranched alkanes of at least 4 members (excludes halogenated alkanes) is 2. The molecule has 4 rings (SSSR count). The predicted molar refractivity (Wildman–Crippen MR) is 84.6 cm³/mol. The molecule has 0 aromatic rings. The van der Waals surface area contributed by atoms with Crippen molar-refractivity contribution in [3.8, 4) is 0 Å². The highest BCUT2D eigenvalue weighted by molar-refractivity contribution is 5.09. The SMILES string of the molecule is CCCCC(O)(CCCC)C12CC3CC(CC(C3)C1)C2. The van der Waals surface area contributed by atoms with Crippen LogP contribution in [0.4, 0.5) is 0 Å². The van der Waals surface area contributed by atoms with Crippen LogP contribution in [-0.2, 0) is 0 Å². The van der Waals surface area contributed by atoms with E-state index >= 15 is 0 Å². The van der Waals surface area contributed by atoms with Crippen LogP contribution in [0.25, 0.3) is 0 Å². The van der Waals surface area contributed by atoms with E-state index in [0.29, 0.717) is 5.41 Å². The molecule has 0 aromatic carbocycles. The fourth-order valence-electron chi connectivity index (χ4n) is 6.27. The van der Waals surface area contributed by atoms with Gasteiger partial charge in [-0.05, 0) is 74.5 Å². The van der Waals surface area contributed by atoms with Gasteiger partial charge in [0.1, 0.15) is 0 Å². The van der Waals surface area contributed by atoms with E-state index in [1.807, 2.05) is 0 Å². The fourth-order valence-corrected chi connectivity index (χ4v) is 6.27. The molecule has 0 unspecified atom stereocenters. The van der Waals surface area contributed by atoms with Crippen molar-refractivity contribution in [3.05, 3.63) is 0 Å². The third kappa shape index (κ3) is 2.45. The maximum absolute atomic E-state index is 11.6. The Labute approximate surface area is 125 Å². The molecule has 116 valence electrons. The molecule has 0 radical (unpaired) electrons. The molecule has 20 heavy (non-hydrogen) atoms. The molecule has 0 aliphatic heterocycles. The van der Waals surface area contributed by atoms with Crippen LogP contribution in [0.15, 0.2) is 0 Å². The quantitative estimate of drug-likeness (QED) is 0.668. The van der Waals surface area contributed by atoms with Gasteiger partial charge in [0.15, 0.2) is 0 Å². The van der Waals surface area contributed by atoms with Gasteiger partial charge in [-0.2, -0.15) is 0 Å². The van der Waals surface area contributed by atoms with Gasteiger partial charge in [-0.1, -0.05) is 39.5 Å². The number of hydrogen-bond acceptors (Lipinski definition) is 1. The molecule has 1 nitrogen and oxygen atoms in total. The Kier molecular flexibility index (Phi) is 4.19. The van der Waals surface area contributed by atoms with Crippen molar-refractivity contribution in [1.82, 2.24) is 0 Å². The van der Waals surface area contributed by atoms with Gasteiger partial charge in [0.05, 0.1) is 5.60 Å². The smallest absolute Gasteiger partial charge is 0.0704 e. The minimum Gasteiger partial charge on any atom is -0.389 e. The lowest BCUT2D eigenvalue weighted by molar-refractivity contribution is -0.186. The Morgan fingerprint density at radius 2 is 1.25 bits per heavy atom. The average Bonchev–Trinajstić information content (AvgIpc) is 2.41. The van der Waals surface area contributed by atoms with Gasteiger partial charge in [0, 0.05) is 0 Å². The van der Waals surface area contributed by atoms with Crippen molar-refractivity contribution < 1.29 is 5.11 Å². The van der Waals surface area contributed by atoms with Gasteiger partial charge >= 0.3 is 0 Å². The molecule has 0 atom stereocenters. The van der Waals surface area contributed by atoms with Crippen LogP contribution < -0.4 is 0 Å². The van der Waals surface area contributed by atoms with Gasteiger partial charge in [-0.15, -0.1) is 0 Å². The second kappa shape index (κ2) is 5.63. The first kappa shape index (κ1) is 14.9. The Morgan fingerprint density at radius 1 is 0.850 bits per heavy atom. The summed E-state index contributed by atoms with van der Waals surface area (Å²) in [5, 5.41) is 11.6. The summed E-state index contributed by atoms with van der Waals surface area (Å²) in [6, 6.07) is 0. The molecule has 4 aliphatic rings. The summed E-state index contributed by atoms with van der Waals surface area (Å²) in [5.41, 5.74) is -0.0267. The van der Waals surface area contributed by atoms with Crippen LogP contribution in [0.1, 0.15) is 90.9 Å². The number of hydrogen-bond donors (Lipinski definition) is 1. The van der Waals surface area contributed by atoms with E-state index in [1.165, 1.54) is 64.2 Å². The third-order valence-electron chi connectivity index (χ3n) is 6.91. The molecule has 0 saturated heterocycles. The standard InChI is InChI=1S/C19H34O/c1-3-5-7-19(20,8-6-4-2)18-12-15-9-16(13-18)11-17(10-15)14-18/h15-17,20H,3-14H2,1-2H3. The predicted octanol–water partition coefficient (Wildman–Crippen LogP) is 5.31. The lowest BCUT2D eigenvalue weighted by Crippen LogP contribution is -2.58. The van der Waals surface area contributed by atoms with Crippen LogP contribution >= 0.6 is 0 Å². The van der Waals surface area contributed by atoms with Crippen molar-refractivity contribution in [3.63, 3.8) is 0 Å². The number of aliphatic hydroxyl groups is 1. The monoisotopic (exact) mass is 278 g/mol. The first-order valence-corrected chi connectivity index (χ1v) is 9.33. The molecule has 0 spiro atoms. The van der Waals surface area contributed by atoms with Gasteiger partial charge < -0.3 is 5.11 Å². The van der Waals surface area contributed by atoms with Crippen molar-refractivity contribution >= 4 is 0 Å². The molecule has 1 heteroatoms. The molecule has 4 saturated carbocycles. The second-order valence-electron chi connectivity index (χ2n) is 8.44. The molecule has 4 fully saturated rings. The van der Waals surface area contributed by atoms with Gasteiger partial charge in [0.2, 0.25) is 0 Å². The minimum atomic E-state index is -0.338. The Bertz CT molecular complexity index is 289. The summed E-state index contributed by atoms with van der Waals surface area (Å²) in [4.78, 5) is 0. The van der Waals surface area contributed by atoms with Crippen LogP contribution in [0.5, 0.6) is 0 Å². The first-order valence-electron chi connectivity index (χ1n) is 9.33. The van der Waals surface area contributed by atoms with Crippen LogP contribution in [0.2, 0.25) is 0 Å². The van der Waals surface area contributed by atoms with E-state index in [1.54, 1.807) is 0 Å². The van der Waals surface area contributed by atoms with E-state index in [9.17, 15) is 5.11 Å². The van der Waals surface area contributed by atoms with E-state index < -0.39 is 0 Å². The average molecular weight is 278 g/mol. The second-order valence-corrected chi connectivity index (χ2v) is 8.44. The molecule has 4 bridgehead atoms. The summed E-state index contributed by atoms with van der Waals surface area (Å²) >= 11 is 0. The van der Waals surface area contributed by atoms with Gasteiger partial charge in [-0.3, -0.25) is 0 Å². The Balaban J connectivity index is 1.81.